The van der Waals surface area contributed by atoms with E-state index < -0.39 is 9.84 Å². The number of hydrogen-bond donors (Lipinski definition) is 0. The molecule has 4 aromatic rings. The Hall–Kier alpha value is -2.92. The third-order valence-electron chi connectivity index (χ3n) is 5.11. The molecule has 4 rings (SSSR count). The van der Waals surface area contributed by atoms with Gasteiger partial charge in [-0.05, 0) is 48.9 Å². The van der Waals surface area contributed by atoms with E-state index in [0.717, 1.165) is 40.5 Å². The molecule has 0 fully saturated rings. The minimum atomic E-state index is -3.64. The van der Waals surface area contributed by atoms with E-state index in [-0.39, 0.29) is 9.79 Å². The average Bonchev–Trinajstić information content (AvgIpc) is 2.74. The van der Waals surface area contributed by atoms with Crippen LogP contribution in [0.15, 0.2) is 82.7 Å². The van der Waals surface area contributed by atoms with Crippen LogP contribution in [-0.4, -0.2) is 26.5 Å². The number of anilines is 1. The molecule has 4 nitrogen and oxygen atoms in total. The van der Waals surface area contributed by atoms with Crippen molar-refractivity contribution in [3.63, 3.8) is 0 Å². The SMILES string of the molecule is CCN(CC)c1cccc2cc(S(=O)(=O)c3ccc4ccccc4c3)cnc12. The lowest BCUT2D eigenvalue weighted by molar-refractivity contribution is 0.596. The second-order valence-corrected chi connectivity index (χ2v) is 8.65. The molecule has 1 aromatic heterocycles. The summed E-state index contributed by atoms with van der Waals surface area (Å²) >= 11 is 0. The Kier molecular flexibility index (Phi) is 4.77. The van der Waals surface area contributed by atoms with Gasteiger partial charge in [-0.25, -0.2) is 8.42 Å². The summed E-state index contributed by atoms with van der Waals surface area (Å²) in [6.45, 7) is 5.94. The number of sulfone groups is 1. The van der Waals surface area contributed by atoms with Gasteiger partial charge in [0, 0.05) is 24.7 Å². The van der Waals surface area contributed by atoms with Gasteiger partial charge in [0.1, 0.15) is 0 Å². The van der Waals surface area contributed by atoms with Gasteiger partial charge >= 0.3 is 0 Å². The first kappa shape index (κ1) is 18.4. The average molecular weight is 391 g/mol. The summed E-state index contributed by atoms with van der Waals surface area (Å²) in [5.74, 6) is 0. The maximum absolute atomic E-state index is 13.2. The molecule has 3 aromatic carbocycles. The predicted octanol–water partition coefficient (Wildman–Crippen LogP) is 5.07. The molecule has 0 aliphatic carbocycles. The first-order valence-electron chi connectivity index (χ1n) is 9.42. The van der Waals surface area contributed by atoms with Gasteiger partial charge in [0.25, 0.3) is 0 Å². The van der Waals surface area contributed by atoms with Crippen LogP contribution in [-0.2, 0) is 9.84 Å². The van der Waals surface area contributed by atoms with Gasteiger partial charge in [-0.15, -0.1) is 0 Å². The molecule has 0 saturated carbocycles. The number of aromatic nitrogens is 1. The fraction of sp³-hybridized carbons (Fsp3) is 0.174. The van der Waals surface area contributed by atoms with Crippen LogP contribution in [0.25, 0.3) is 21.7 Å². The molecule has 0 aliphatic rings. The van der Waals surface area contributed by atoms with Crippen LogP contribution < -0.4 is 4.90 Å². The van der Waals surface area contributed by atoms with Gasteiger partial charge in [-0.1, -0.05) is 42.5 Å². The monoisotopic (exact) mass is 390 g/mol. The van der Waals surface area contributed by atoms with Crippen molar-refractivity contribution in [1.29, 1.82) is 0 Å². The number of fused-ring (bicyclic) bond motifs is 2. The zero-order valence-corrected chi connectivity index (χ0v) is 16.8. The Morgan fingerprint density at radius 2 is 1.46 bits per heavy atom. The third-order valence-corrected chi connectivity index (χ3v) is 6.83. The molecular formula is C23H22N2O2S. The van der Waals surface area contributed by atoms with E-state index in [9.17, 15) is 8.42 Å². The molecule has 28 heavy (non-hydrogen) atoms. The molecule has 0 atom stereocenters. The van der Waals surface area contributed by atoms with E-state index in [1.165, 1.54) is 6.20 Å². The maximum atomic E-state index is 13.2. The first-order valence-corrected chi connectivity index (χ1v) is 10.9. The molecule has 0 amide bonds. The van der Waals surface area contributed by atoms with Gasteiger partial charge in [0.15, 0.2) is 0 Å². The summed E-state index contributed by atoms with van der Waals surface area (Å²) in [4.78, 5) is 7.25. The summed E-state index contributed by atoms with van der Waals surface area (Å²) in [5, 5.41) is 2.74. The van der Waals surface area contributed by atoms with Gasteiger partial charge in [0.05, 0.1) is 21.0 Å². The molecule has 0 saturated heterocycles. The van der Waals surface area contributed by atoms with Gasteiger partial charge < -0.3 is 4.90 Å². The molecular weight excluding hydrogens is 368 g/mol. The van der Waals surface area contributed by atoms with Crippen LogP contribution >= 0.6 is 0 Å². The lowest BCUT2D eigenvalue weighted by atomic mass is 10.1. The summed E-state index contributed by atoms with van der Waals surface area (Å²) < 4.78 is 26.4. The molecule has 0 aliphatic heterocycles. The van der Waals surface area contributed by atoms with Crippen LogP contribution in [0.3, 0.4) is 0 Å². The van der Waals surface area contributed by atoms with Gasteiger partial charge in [-0.2, -0.15) is 0 Å². The highest BCUT2D eigenvalue weighted by Crippen LogP contribution is 2.29. The lowest BCUT2D eigenvalue weighted by Gasteiger charge is -2.22. The predicted molar refractivity (Wildman–Crippen MR) is 115 cm³/mol. The normalized spacial score (nSPS) is 11.8. The van der Waals surface area contributed by atoms with Crippen molar-refractivity contribution in [3.05, 3.63) is 72.9 Å². The van der Waals surface area contributed by atoms with Crippen LogP contribution in [0.5, 0.6) is 0 Å². The number of pyridine rings is 1. The fourth-order valence-electron chi connectivity index (χ4n) is 3.56. The minimum absolute atomic E-state index is 0.215. The molecule has 0 N–H and O–H groups in total. The number of hydrogen-bond acceptors (Lipinski definition) is 4. The second-order valence-electron chi connectivity index (χ2n) is 6.70. The summed E-state index contributed by atoms with van der Waals surface area (Å²) in [6.07, 6.45) is 1.47. The van der Waals surface area contributed by atoms with Crippen molar-refractivity contribution < 1.29 is 8.42 Å². The summed E-state index contributed by atoms with van der Waals surface area (Å²) in [5.41, 5.74) is 1.85. The van der Waals surface area contributed by atoms with Crippen molar-refractivity contribution in [2.24, 2.45) is 0 Å². The Bertz CT molecular complexity index is 1260. The van der Waals surface area contributed by atoms with Crippen LogP contribution in [0.4, 0.5) is 5.69 Å². The highest BCUT2D eigenvalue weighted by atomic mass is 32.2. The van der Waals surface area contributed by atoms with Crippen LogP contribution in [0.2, 0.25) is 0 Å². The Morgan fingerprint density at radius 1 is 0.786 bits per heavy atom. The highest BCUT2D eigenvalue weighted by Gasteiger charge is 2.20. The number of benzene rings is 3. The maximum Gasteiger partial charge on any atom is 0.208 e. The van der Waals surface area contributed by atoms with Crippen LogP contribution in [0.1, 0.15) is 13.8 Å². The lowest BCUT2D eigenvalue weighted by Crippen LogP contribution is -2.22. The van der Waals surface area contributed by atoms with E-state index in [1.54, 1.807) is 18.2 Å². The zero-order valence-electron chi connectivity index (χ0n) is 16.0. The Balaban J connectivity index is 1.83. The van der Waals surface area contributed by atoms with E-state index in [0.29, 0.717) is 0 Å². The standard InChI is InChI=1S/C23H22N2O2S/c1-3-25(4-2)22-11-7-10-19-15-21(16-24-23(19)22)28(26,27)20-13-12-17-8-5-6-9-18(17)14-20/h5-16H,3-4H2,1-2H3. The smallest absolute Gasteiger partial charge is 0.208 e. The zero-order chi connectivity index (χ0) is 19.7. The second kappa shape index (κ2) is 7.24. The fourth-order valence-corrected chi connectivity index (χ4v) is 4.84. The summed E-state index contributed by atoms with van der Waals surface area (Å²) in [6, 6.07) is 20.6. The van der Waals surface area contributed by atoms with E-state index in [2.05, 4.69) is 23.7 Å². The third kappa shape index (κ3) is 3.12. The molecule has 0 bridgehead atoms. The van der Waals surface area contributed by atoms with Crippen LogP contribution in [0, 0.1) is 0 Å². The van der Waals surface area contributed by atoms with Crippen molar-refractivity contribution >= 4 is 37.2 Å². The molecule has 1 heterocycles. The number of nitrogens with zero attached hydrogens (tertiary/aromatic N) is 2. The number of para-hydroxylation sites is 1. The minimum Gasteiger partial charge on any atom is -0.370 e. The molecule has 142 valence electrons. The molecule has 0 radical (unpaired) electrons. The van der Waals surface area contributed by atoms with E-state index >= 15 is 0 Å². The van der Waals surface area contributed by atoms with E-state index in [4.69, 9.17) is 0 Å². The Labute approximate surface area is 165 Å². The highest BCUT2D eigenvalue weighted by molar-refractivity contribution is 7.91. The summed E-state index contributed by atoms with van der Waals surface area (Å²) in [7, 11) is -3.64. The molecule has 0 spiro atoms. The van der Waals surface area contributed by atoms with E-state index in [1.807, 2.05) is 48.5 Å². The number of rotatable bonds is 5. The van der Waals surface area contributed by atoms with Gasteiger partial charge in [-0.3, -0.25) is 4.98 Å². The van der Waals surface area contributed by atoms with Crippen molar-refractivity contribution in [2.45, 2.75) is 23.6 Å². The quantitative estimate of drug-likeness (QED) is 0.477. The van der Waals surface area contributed by atoms with Crippen molar-refractivity contribution in [2.75, 3.05) is 18.0 Å². The van der Waals surface area contributed by atoms with Crippen molar-refractivity contribution in [1.82, 2.24) is 4.98 Å². The topological polar surface area (TPSA) is 50.3 Å². The largest absolute Gasteiger partial charge is 0.370 e. The molecule has 0 unspecified atom stereocenters. The first-order chi connectivity index (χ1) is 13.5. The molecule has 5 heteroatoms. The Morgan fingerprint density at radius 3 is 2.21 bits per heavy atom. The van der Waals surface area contributed by atoms with Crippen molar-refractivity contribution in [3.8, 4) is 0 Å². The van der Waals surface area contributed by atoms with Gasteiger partial charge in [0.2, 0.25) is 9.84 Å².